The first-order valence-corrected chi connectivity index (χ1v) is 11.8. The molecule has 1 aromatic rings. The number of hydrogen-bond acceptors (Lipinski definition) is 6. The van der Waals surface area contributed by atoms with E-state index in [0.717, 1.165) is 24.8 Å². The number of aromatic carboxylic acids is 1. The van der Waals surface area contributed by atoms with Crippen molar-refractivity contribution in [3.63, 3.8) is 0 Å². The lowest BCUT2D eigenvalue weighted by molar-refractivity contribution is 0.0308. The Bertz CT molecular complexity index is 997. The number of aromatic hydroxyl groups is 1. The molecule has 3 aliphatic heterocycles. The molecule has 2 amide bonds. The Morgan fingerprint density at radius 1 is 1.37 bits per heavy atom. The zero-order valence-corrected chi connectivity index (χ0v) is 17.5. The van der Waals surface area contributed by atoms with Crippen LogP contribution in [-0.4, -0.2) is 84.9 Å². The first-order valence-electron chi connectivity index (χ1n) is 9.93. The molecular formula is C19H26N4O6S. The average Bonchev–Trinajstić information content (AvgIpc) is 2.95. The van der Waals surface area contributed by atoms with Crippen LogP contribution in [0.4, 0.5) is 4.79 Å². The monoisotopic (exact) mass is 438 g/mol. The summed E-state index contributed by atoms with van der Waals surface area (Å²) in [4.78, 5) is 28.2. The number of nitrogens with zero attached hydrogens (tertiary/aromatic N) is 2. The lowest BCUT2D eigenvalue weighted by Crippen LogP contribution is -2.57. The molecule has 10 nitrogen and oxygen atoms in total. The van der Waals surface area contributed by atoms with E-state index in [-0.39, 0.29) is 36.5 Å². The van der Waals surface area contributed by atoms with Gasteiger partial charge < -0.3 is 20.4 Å². The number of carbonyl (C=O) groups excluding carboxylic acids is 1. The van der Waals surface area contributed by atoms with Crippen LogP contribution in [0.2, 0.25) is 0 Å². The summed E-state index contributed by atoms with van der Waals surface area (Å²) >= 11 is 0. The Hall–Kier alpha value is -2.37. The van der Waals surface area contributed by atoms with Gasteiger partial charge in [0, 0.05) is 38.8 Å². The van der Waals surface area contributed by atoms with Crippen LogP contribution in [0.1, 0.15) is 40.4 Å². The maximum atomic E-state index is 12.5. The van der Waals surface area contributed by atoms with Gasteiger partial charge >= 0.3 is 12.0 Å². The molecule has 11 heteroatoms. The Kier molecular flexibility index (Phi) is 5.15. The molecule has 4 rings (SSSR count). The average molecular weight is 439 g/mol. The second kappa shape index (κ2) is 7.40. The van der Waals surface area contributed by atoms with Crippen LogP contribution in [-0.2, 0) is 16.4 Å². The molecule has 30 heavy (non-hydrogen) atoms. The van der Waals surface area contributed by atoms with Gasteiger partial charge in [0.2, 0.25) is 10.0 Å². The van der Waals surface area contributed by atoms with Crippen molar-refractivity contribution >= 4 is 22.0 Å². The fraction of sp³-hybridized carbons (Fsp3) is 0.579. The number of rotatable bonds is 5. The summed E-state index contributed by atoms with van der Waals surface area (Å²) in [5.41, 5.74) is 1.03. The highest BCUT2D eigenvalue weighted by Gasteiger charge is 2.51. The Balaban J connectivity index is 1.62. The third-order valence-electron chi connectivity index (χ3n) is 6.51. The molecule has 2 unspecified atom stereocenters. The van der Waals surface area contributed by atoms with Crippen molar-refractivity contribution < 1.29 is 28.2 Å². The first kappa shape index (κ1) is 20.9. The summed E-state index contributed by atoms with van der Waals surface area (Å²) in [6, 6.07) is 2.93. The molecule has 4 N–H and O–H groups in total. The number of carboxylic acid groups (broad SMARTS) is 1. The van der Waals surface area contributed by atoms with Crippen LogP contribution in [0.15, 0.2) is 12.1 Å². The van der Waals surface area contributed by atoms with Crippen molar-refractivity contribution in [1.29, 1.82) is 0 Å². The maximum absolute atomic E-state index is 12.5. The van der Waals surface area contributed by atoms with Gasteiger partial charge in [-0.2, -0.15) is 0 Å². The van der Waals surface area contributed by atoms with Gasteiger partial charge in [0.15, 0.2) is 0 Å². The number of benzene rings is 1. The second-order valence-electron chi connectivity index (χ2n) is 8.29. The van der Waals surface area contributed by atoms with E-state index in [4.69, 9.17) is 0 Å². The number of urea groups is 1. The van der Waals surface area contributed by atoms with Crippen LogP contribution < -0.4 is 10.0 Å². The van der Waals surface area contributed by atoms with Gasteiger partial charge in [-0.1, -0.05) is 6.07 Å². The van der Waals surface area contributed by atoms with E-state index < -0.39 is 21.5 Å². The number of carboxylic acids is 1. The van der Waals surface area contributed by atoms with Crippen LogP contribution in [0, 0.1) is 0 Å². The minimum absolute atomic E-state index is 0.0402. The fourth-order valence-electron chi connectivity index (χ4n) is 5.13. The molecule has 2 atom stereocenters. The lowest BCUT2D eigenvalue weighted by Gasteiger charge is -2.50. The van der Waals surface area contributed by atoms with Crippen molar-refractivity contribution in [2.45, 2.75) is 30.8 Å². The zero-order valence-electron chi connectivity index (χ0n) is 16.7. The Morgan fingerprint density at radius 3 is 2.83 bits per heavy atom. The molecule has 3 aliphatic rings. The van der Waals surface area contributed by atoms with E-state index >= 15 is 0 Å². The van der Waals surface area contributed by atoms with E-state index in [1.165, 1.54) is 6.07 Å². The summed E-state index contributed by atoms with van der Waals surface area (Å²) in [5, 5.41) is 22.5. The van der Waals surface area contributed by atoms with E-state index in [2.05, 4.69) is 14.9 Å². The molecule has 0 aliphatic carbocycles. The largest absolute Gasteiger partial charge is 0.507 e. The van der Waals surface area contributed by atoms with E-state index in [0.29, 0.717) is 31.5 Å². The Labute approximate surface area is 174 Å². The van der Waals surface area contributed by atoms with Gasteiger partial charge in [0.05, 0.1) is 11.8 Å². The summed E-state index contributed by atoms with van der Waals surface area (Å²) < 4.78 is 25.2. The van der Waals surface area contributed by atoms with Gasteiger partial charge in [-0.25, -0.2) is 22.7 Å². The highest BCUT2D eigenvalue weighted by atomic mass is 32.2. The van der Waals surface area contributed by atoms with E-state index in [1.54, 1.807) is 11.0 Å². The predicted molar refractivity (Wildman–Crippen MR) is 108 cm³/mol. The van der Waals surface area contributed by atoms with E-state index in [1.807, 2.05) is 0 Å². The SMILES string of the molecule is CS(=O)(=O)NCCN1C(=O)NCC12CCN1CCc3c(ccc(O)c3C(=O)O)C1C2. The number of piperidine rings is 1. The van der Waals surface area contributed by atoms with Crippen molar-refractivity contribution in [1.82, 2.24) is 19.8 Å². The highest BCUT2D eigenvalue weighted by Crippen LogP contribution is 2.45. The number of fused-ring (bicyclic) bond motifs is 3. The minimum Gasteiger partial charge on any atom is -0.507 e. The smallest absolute Gasteiger partial charge is 0.339 e. The van der Waals surface area contributed by atoms with E-state index in [9.17, 15) is 28.2 Å². The number of carbonyl (C=O) groups is 2. The van der Waals surface area contributed by atoms with Crippen LogP contribution in [0.25, 0.3) is 0 Å². The summed E-state index contributed by atoms with van der Waals surface area (Å²) in [6.07, 6.45) is 3.00. The topological polar surface area (TPSA) is 139 Å². The third-order valence-corrected chi connectivity index (χ3v) is 7.24. The van der Waals surface area contributed by atoms with Crippen LogP contribution in [0.5, 0.6) is 5.75 Å². The molecule has 164 valence electrons. The molecular weight excluding hydrogens is 412 g/mol. The first-order chi connectivity index (χ1) is 14.1. The normalized spacial score (nSPS) is 26.4. The molecule has 2 saturated heterocycles. The van der Waals surface area contributed by atoms with Gasteiger partial charge in [0.25, 0.3) is 0 Å². The standard InChI is InChI=1S/C19H26N4O6S/c1-30(28,29)21-6-9-23-18(27)20-11-19(23)5-8-22-7-4-13-12(14(22)10-19)2-3-15(24)16(13)17(25)26/h2-3,14,21,24H,4-11H2,1H3,(H,20,27)(H,25,26). The molecule has 0 radical (unpaired) electrons. The molecule has 1 aromatic carbocycles. The molecule has 0 aromatic heterocycles. The van der Waals surface area contributed by atoms with Crippen LogP contribution >= 0.6 is 0 Å². The number of phenols is 1. The molecule has 0 bridgehead atoms. The van der Waals surface area contributed by atoms with Gasteiger partial charge in [-0.15, -0.1) is 0 Å². The van der Waals surface area contributed by atoms with Crippen molar-refractivity contribution in [2.24, 2.45) is 0 Å². The van der Waals surface area contributed by atoms with Crippen LogP contribution in [0.3, 0.4) is 0 Å². The fourth-order valence-corrected chi connectivity index (χ4v) is 5.60. The highest BCUT2D eigenvalue weighted by molar-refractivity contribution is 7.88. The quantitative estimate of drug-likeness (QED) is 0.511. The van der Waals surface area contributed by atoms with Crippen molar-refractivity contribution in [3.05, 3.63) is 28.8 Å². The van der Waals surface area contributed by atoms with Crippen molar-refractivity contribution in [3.8, 4) is 5.75 Å². The molecule has 2 fully saturated rings. The molecule has 3 heterocycles. The number of sulfonamides is 1. The van der Waals surface area contributed by atoms with Crippen molar-refractivity contribution in [2.75, 3.05) is 39.0 Å². The number of hydrogen-bond donors (Lipinski definition) is 4. The number of nitrogens with one attached hydrogen (secondary N) is 2. The third kappa shape index (κ3) is 3.61. The molecule has 1 spiro atoms. The Morgan fingerprint density at radius 2 is 2.13 bits per heavy atom. The summed E-state index contributed by atoms with van der Waals surface area (Å²) in [5.74, 6) is -1.37. The van der Waals surface area contributed by atoms with Gasteiger partial charge in [-0.05, 0) is 36.5 Å². The van der Waals surface area contributed by atoms with Gasteiger partial charge in [0.1, 0.15) is 11.3 Å². The number of amides is 2. The maximum Gasteiger partial charge on any atom is 0.339 e. The predicted octanol–water partition coefficient (Wildman–Crippen LogP) is 0.0966. The summed E-state index contributed by atoms with van der Waals surface area (Å²) in [6.45, 7) is 2.30. The van der Waals surface area contributed by atoms with Gasteiger partial charge in [-0.3, -0.25) is 4.90 Å². The zero-order chi connectivity index (χ0) is 21.7. The minimum atomic E-state index is -3.35. The second-order valence-corrected chi connectivity index (χ2v) is 10.1. The molecule has 0 saturated carbocycles. The summed E-state index contributed by atoms with van der Waals surface area (Å²) in [7, 11) is -3.35. The lowest BCUT2D eigenvalue weighted by atomic mass is 9.76.